The van der Waals surface area contributed by atoms with Crippen molar-refractivity contribution in [2.24, 2.45) is 4.99 Å². The van der Waals surface area contributed by atoms with E-state index in [0.29, 0.717) is 6.04 Å². The molecule has 0 aromatic heterocycles. The molecule has 126 valence electrons. The molecule has 0 aromatic rings. The van der Waals surface area contributed by atoms with Gasteiger partial charge in [-0.1, -0.05) is 31.4 Å². The molecule has 0 bridgehead atoms. The lowest BCUT2D eigenvalue weighted by Crippen LogP contribution is -2.42. The molecule has 0 radical (unpaired) electrons. The predicted molar refractivity (Wildman–Crippen MR) is 95.4 cm³/mol. The molecule has 0 heterocycles. The molecule has 2 rings (SSSR count). The average molecular weight is 306 g/mol. The Kier molecular flexibility index (Phi) is 7.78. The van der Waals surface area contributed by atoms with Crippen LogP contribution in [0, 0.1) is 0 Å². The Hall–Kier alpha value is -1.03. The van der Waals surface area contributed by atoms with Crippen molar-refractivity contribution in [2.45, 2.75) is 70.4 Å². The van der Waals surface area contributed by atoms with Gasteiger partial charge in [-0.2, -0.15) is 0 Å². The van der Waals surface area contributed by atoms with Crippen LogP contribution in [0.4, 0.5) is 0 Å². The second-order valence-electron chi connectivity index (χ2n) is 6.67. The van der Waals surface area contributed by atoms with Crippen LogP contribution in [0.25, 0.3) is 0 Å². The molecule has 0 saturated heterocycles. The second-order valence-corrected chi connectivity index (χ2v) is 6.67. The van der Waals surface area contributed by atoms with Crippen LogP contribution >= 0.6 is 0 Å². The van der Waals surface area contributed by atoms with Gasteiger partial charge in [0.15, 0.2) is 5.96 Å². The van der Waals surface area contributed by atoms with Crippen LogP contribution in [0.3, 0.4) is 0 Å². The van der Waals surface area contributed by atoms with Gasteiger partial charge in [0.2, 0.25) is 0 Å². The van der Waals surface area contributed by atoms with E-state index >= 15 is 0 Å². The molecule has 0 aromatic carbocycles. The minimum Gasteiger partial charge on any atom is -0.357 e. The highest BCUT2D eigenvalue weighted by Gasteiger charge is 2.17. The summed E-state index contributed by atoms with van der Waals surface area (Å²) in [5.74, 6) is 0.983. The molecule has 0 atom stereocenters. The first-order chi connectivity index (χ1) is 10.8. The van der Waals surface area contributed by atoms with Crippen LogP contribution in [0.1, 0.15) is 58.3 Å². The molecule has 0 aliphatic heterocycles. The van der Waals surface area contributed by atoms with Crippen LogP contribution in [0.5, 0.6) is 0 Å². The minimum absolute atomic E-state index is 0.530. The minimum atomic E-state index is 0.530. The molecule has 4 heteroatoms. The standard InChI is InChI=1S/C18H34N4/c1-3-19-18(21-16-10-7-8-11-16)20-14-9-15-22(2)17-12-5-4-6-13-17/h7-8,16-17H,3-6,9-15H2,1-2H3,(H2,19,20,21). The third-order valence-corrected chi connectivity index (χ3v) is 4.83. The molecule has 4 nitrogen and oxygen atoms in total. The van der Waals surface area contributed by atoms with Crippen LogP contribution in [-0.2, 0) is 0 Å². The fourth-order valence-corrected chi connectivity index (χ4v) is 3.46. The van der Waals surface area contributed by atoms with Crippen molar-refractivity contribution >= 4 is 5.96 Å². The van der Waals surface area contributed by atoms with E-state index in [2.05, 4.69) is 41.7 Å². The highest BCUT2D eigenvalue weighted by molar-refractivity contribution is 5.80. The van der Waals surface area contributed by atoms with E-state index in [0.717, 1.165) is 44.4 Å². The Balaban J connectivity index is 1.66. The summed E-state index contributed by atoms with van der Waals surface area (Å²) >= 11 is 0. The molecule has 0 amide bonds. The first-order valence-electron chi connectivity index (χ1n) is 9.19. The second kappa shape index (κ2) is 9.88. The number of hydrogen-bond donors (Lipinski definition) is 2. The van der Waals surface area contributed by atoms with E-state index in [9.17, 15) is 0 Å². The predicted octanol–water partition coefficient (Wildman–Crippen LogP) is 2.91. The molecule has 1 fully saturated rings. The normalized spacial score (nSPS) is 20.8. The molecule has 2 N–H and O–H groups in total. The van der Waals surface area contributed by atoms with E-state index in [4.69, 9.17) is 4.99 Å². The summed E-state index contributed by atoms with van der Waals surface area (Å²) < 4.78 is 0. The maximum atomic E-state index is 4.73. The van der Waals surface area contributed by atoms with Gasteiger partial charge < -0.3 is 15.5 Å². The Labute approximate surface area is 136 Å². The van der Waals surface area contributed by atoms with E-state index < -0.39 is 0 Å². The number of aliphatic imine (C=N–C) groups is 1. The van der Waals surface area contributed by atoms with Gasteiger partial charge in [0.25, 0.3) is 0 Å². The van der Waals surface area contributed by atoms with Crippen molar-refractivity contribution in [1.29, 1.82) is 0 Å². The summed E-state index contributed by atoms with van der Waals surface area (Å²) in [6, 6.07) is 1.34. The Bertz CT molecular complexity index is 350. The van der Waals surface area contributed by atoms with Crippen molar-refractivity contribution < 1.29 is 0 Å². The van der Waals surface area contributed by atoms with Crippen molar-refractivity contribution in [1.82, 2.24) is 15.5 Å². The zero-order valence-electron chi connectivity index (χ0n) is 14.5. The van der Waals surface area contributed by atoms with E-state index in [-0.39, 0.29) is 0 Å². The van der Waals surface area contributed by atoms with Gasteiger partial charge in [-0.3, -0.25) is 4.99 Å². The van der Waals surface area contributed by atoms with E-state index in [1.54, 1.807) is 0 Å². The van der Waals surface area contributed by atoms with E-state index in [1.165, 1.54) is 38.6 Å². The Morgan fingerprint density at radius 1 is 1.18 bits per heavy atom. The monoisotopic (exact) mass is 306 g/mol. The van der Waals surface area contributed by atoms with Gasteiger partial charge >= 0.3 is 0 Å². The number of nitrogens with one attached hydrogen (secondary N) is 2. The van der Waals surface area contributed by atoms with Crippen molar-refractivity contribution in [3.8, 4) is 0 Å². The fourth-order valence-electron chi connectivity index (χ4n) is 3.46. The SMILES string of the molecule is CCNC(=NCCCN(C)C1CCCCC1)NC1CC=CC1. The van der Waals surface area contributed by atoms with Gasteiger partial charge in [-0.05, 0) is 52.6 Å². The van der Waals surface area contributed by atoms with Crippen molar-refractivity contribution in [3.63, 3.8) is 0 Å². The molecule has 1 saturated carbocycles. The van der Waals surface area contributed by atoms with Crippen LogP contribution < -0.4 is 10.6 Å². The lowest BCUT2D eigenvalue weighted by molar-refractivity contribution is 0.191. The number of hydrogen-bond acceptors (Lipinski definition) is 2. The van der Waals surface area contributed by atoms with Gasteiger partial charge in [0, 0.05) is 25.2 Å². The largest absolute Gasteiger partial charge is 0.357 e. The summed E-state index contributed by atoms with van der Waals surface area (Å²) in [7, 11) is 2.29. The quantitative estimate of drug-likeness (QED) is 0.329. The smallest absolute Gasteiger partial charge is 0.191 e. The molecule has 22 heavy (non-hydrogen) atoms. The Morgan fingerprint density at radius 2 is 1.91 bits per heavy atom. The molecular weight excluding hydrogens is 272 g/mol. The number of guanidine groups is 1. The fraction of sp³-hybridized carbons (Fsp3) is 0.833. The van der Waals surface area contributed by atoms with Crippen LogP contribution in [0.2, 0.25) is 0 Å². The maximum Gasteiger partial charge on any atom is 0.191 e. The molecular formula is C18H34N4. The molecule has 0 unspecified atom stereocenters. The lowest BCUT2D eigenvalue weighted by Gasteiger charge is -2.31. The molecule has 2 aliphatic carbocycles. The molecule has 0 spiro atoms. The number of rotatable bonds is 7. The summed E-state index contributed by atoms with van der Waals surface area (Å²) in [5, 5.41) is 6.89. The molecule has 2 aliphatic rings. The van der Waals surface area contributed by atoms with Gasteiger partial charge in [0.1, 0.15) is 0 Å². The van der Waals surface area contributed by atoms with Gasteiger partial charge in [-0.15, -0.1) is 0 Å². The third kappa shape index (κ3) is 5.99. The van der Waals surface area contributed by atoms with Crippen LogP contribution in [0.15, 0.2) is 17.1 Å². The van der Waals surface area contributed by atoms with Crippen molar-refractivity contribution in [3.05, 3.63) is 12.2 Å². The first kappa shape index (κ1) is 17.3. The highest BCUT2D eigenvalue weighted by atomic mass is 15.2. The number of nitrogens with zero attached hydrogens (tertiary/aromatic N) is 2. The van der Waals surface area contributed by atoms with Gasteiger partial charge in [0.05, 0.1) is 0 Å². The zero-order valence-corrected chi connectivity index (χ0v) is 14.5. The lowest BCUT2D eigenvalue weighted by atomic mass is 9.94. The van der Waals surface area contributed by atoms with Crippen molar-refractivity contribution in [2.75, 3.05) is 26.7 Å². The highest BCUT2D eigenvalue weighted by Crippen LogP contribution is 2.21. The average Bonchev–Trinajstić information content (AvgIpc) is 3.05. The Morgan fingerprint density at radius 3 is 2.59 bits per heavy atom. The summed E-state index contributed by atoms with van der Waals surface area (Å²) in [4.78, 5) is 7.29. The summed E-state index contributed by atoms with van der Waals surface area (Å²) in [6.45, 7) is 5.13. The third-order valence-electron chi connectivity index (χ3n) is 4.83. The topological polar surface area (TPSA) is 39.7 Å². The van der Waals surface area contributed by atoms with Crippen LogP contribution in [-0.4, -0.2) is 49.6 Å². The summed E-state index contributed by atoms with van der Waals surface area (Å²) in [6.07, 6.45) is 14.9. The maximum absolute atomic E-state index is 4.73. The van der Waals surface area contributed by atoms with E-state index in [1.807, 2.05) is 0 Å². The summed E-state index contributed by atoms with van der Waals surface area (Å²) in [5.41, 5.74) is 0. The van der Waals surface area contributed by atoms with Gasteiger partial charge in [-0.25, -0.2) is 0 Å². The zero-order chi connectivity index (χ0) is 15.6. The first-order valence-corrected chi connectivity index (χ1v) is 9.19.